The molecule has 2 rings (SSSR count). The van der Waals surface area contributed by atoms with Crippen LogP contribution in [0.4, 0.5) is 11.4 Å². The van der Waals surface area contributed by atoms with E-state index in [1.54, 1.807) is 36.4 Å². The minimum absolute atomic E-state index is 0.126. The summed E-state index contributed by atoms with van der Waals surface area (Å²) in [6.07, 6.45) is 0. The highest BCUT2D eigenvalue weighted by Gasteiger charge is 2.12. The summed E-state index contributed by atoms with van der Waals surface area (Å²) in [6, 6.07) is 13.4. The molecule has 0 spiro atoms. The second-order valence-corrected chi connectivity index (χ2v) is 6.85. The zero-order valence-corrected chi connectivity index (χ0v) is 13.4. The van der Waals surface area contributed by atoms with Crippen LogP contribution in [0.15, 0.2) is 48.5 Å². The lowest BCUT2D eigenvalue weighted by molar-refractivity contribution is -0.114. The predicted molar refractivity (Wildman–Crippen MR) is 88.4 cm³/mol. The van der Waals surface area contributed by atoms with Gasteiger partial charge in [-0.05, 0) is 23.8 Å². The summed E-state index contributed by atoms with van der Waals surface area (Å²) in [4.78, 5) is 11.0. The van der Waals surface area contributed by atoms with E-state index in [2.05, 4.69) is 10.0 Å². The first-order chi connectivity index (χ1) is 10.4. The van der Waals surface area contributed by atoms with Crippen LogP contribution in [0.2, 0.25) is 5.02 Å². The number of nitrogens with one attached hydrogen (secondary N) is 2. The van der Waals surface area contributed by atoms with Crippen LogP contribution < -0.4 is 10.0 Å². The molecule has 116 valence electrons. The van der Waals surface area contributed by atoms with Crippen molar-refractivity contribution >= 4 is 38.9 Å². The number of carbonyl (C=O) groups is 1. The van der Waals surface area contributed by atoms with Crippen molar-refractivity contribution in [3.63, 3.8) is 0 Å². The van der Waals surface area contributed by atoms with Gasteiger partial charge in [0.1, 0.15) is 0 Å². The van der Waals surface area contributed by atoms with Crippen molar-refractivity contribution in [1.29, 1.82) is 0 Å². The molecular formula is C15H15ClN2O3S. The molecule has 2 aromatic carbocycles. The Hall–Kier alpha value is -2.05. The third kappa shape index (κ3) is 4.75. The Labute approximate surface area is 134 Å². The normalized spacial score (nSPS) is 11.0. The Bertz CT molecular complexity index is 777. The minimum Gasteiger partial charge on any atom is -0.325 e. The smallest absolute Gasteiger partial charge is 0.236 e. The Morgan fingerprint density at radius 2 is 1.82 bits per heavy atom. The molecule has 1 amide bonds. The van der Waals surface area contributed by atoms with Crippen LogP contribution in [0.25, 0.3) is 0 Å². The standard InChI is InChI=1S/C15H15ClN2O3S/c1-11(19)17-15-8-7-13(9-14(15)16)18-22(20,21)10-12-5-3-2-4-6-12/h2-9,18H,10H2,1H3,(H,17,19). The average molecular weight is 339 g/mol. The molecule has 0 aliphatic rings. The van der Waals surface area contributed by atoms with Gasteiger partial charge >= 0.3 is 0 Å². The highest BCUT2D eigenvalue weighted by atomic mass is 35.5. The molecule has 7 heteroatoms. The Morgan fingerprint density at radius 3 is 2.41 bits per heavy atom. The van der Waals surface area contributed by atoms with Gasteiger partial charge < -0.3 is 5.32 Å². The van der Waals surface area contributed by atoms with Crippen molar-refractivity contribution in [2.75, 3.05) is 10.0 Å². The van der Waals surface area contributed by atoms with E-state index in [4.69, 9.17) is 11.6 Å². The van der Waals surface area contributed by atoms with Crippen LogP contribution in [0.5, 0.6) is 0 Å². The largest absolute Gasteiger partial charge is 0.325 e. The number of hydrogen-bond acceptors (Lipinski definition) is 3. The van der Waals surface area contributed by atoms with E-state index in [0.717, 1.165) is 0 Å². The molecule has 2 aromatic rings. The first-order valence-electron chi connectivity index (χ1n) is 6.47. The molecule has 2 N–H and O–H groups in total. The maximum absolute atomic E-state index is 12.1. The summed E-state index contributed by atoms with van der Waals surface area (Å²) < 4.78 is 26.7. The molecule has 0 unspecified atom stereocenters. The fraction of sp³-hybridized carbons (Fsp3) is 0.133. The molecule has 0 aromatic heterocycles. The van der Waals surface area contributed by atoms with E-state index in [1.165, 1.54) is 13.0 Å². The van der Waals surface area contributed by atoms with Crippen LogP contribution in [0.1, 0.15) is 12.5 Å². The quantitative estimate of drug-likeness (QED) is 0.878. The van der Waals surface area contributed by atoms with Crippen molar-refractivity contribution in [3.05, 3.63) is 59.1 Å². The topological polar surface area (TPSA) is 75.3 Å². The molecule has 5 nitrogen and oxygen atoms in total. The molecule has 22 heavy (non-hydrogen) atoms. The number of sulfonamides is 1. The summed E-state index contributed by atoms with van der Waals surface area (Å²) in [5.74, 6) is -0.377. The summed E-state index contributed by atoms with van der Waals surface area (Å²) >= 11 is 6.01. The van der Waals surface area contributed by atoms with Gasteiger partial charge in [0.05, 0.1) is 22.2 Å². The summed E-state index contributed by atoms with van der Waals surface area (Å²) in [6.45, 7) is 1.37. The van der Waals surface area contributed by atoms with Crippen LogP contribution in [0.3, 0.4) is 0 Å². The second kappa shape index (κ2) is 6.81. The van der Waals surface area contributed by atoms with Crippen LogP contribution in [-0.4, -0.2) is 14.3 Å². The molecule has 0 bridgehead atoms. The zero-order chi connectivity index (χ0) is 16.2. The van der Waals surface area contributed by atoms with Gasteiger partial charge in [-0.3, -0.25) is 9.52 Å². The molecule has 0 fully saturated rings. The van der Waals surface area contributed by atoms with Crippen molar-refractivity contribution in [1.82, 2.24) is 0 Å². The number of benzene rings is 2. The Morgan fingerprint density at radius 1 is 1.14 bits per heavy atom. The second-order valence-electron chi connectivity index (χ2n) is 4.72. The maximum Gasteiger partial charge on any atom is 0.236 e. The number of anilines is 2. The van der Waals surface area contributed by atoms with Crippen molar-refractivity contribution in [3.8, 4) is 0 Å². The number of hydrogen-bond donors (Lipinski definition) is 2. The van der Waals surface area contributed by atoms with E-state index < -0.39 is 10.0 Å². The lowest BCUT2D eigenvalue weighted by atomic mass is 10.2. The van der Waals surface area contributed by atoms with Gasteiger partial charge in [0, 0.05) is 6.92 Å². The van der Waals surface area contributed by atoms with E-state index in [0.29, 0.717) is 16.9 Å². The van der Waals surface area contributed by atoms with E-state index in [-0.39, 0.29) is 16.7 Å². The SMILES string of the molecule is CC(=O)Nc1ccc(NS(=O)(=O)Cc2ccccc2)cc1Cl. The number of halogens is 1. The van der Waals surface area contributed by atoms with Gasteiger partial charge in [-0.25, -0.2) is 8.42 Å². The lowest BCUT2D eigenvalue weighted by Gasteiger charge is -2.10. The number of carbonyl (C=O) groups excluding carboxylic acids is 1. The highest BCUT2D eigenvalue weighted by Crippen LogP contribution is 2.26. The Balaban J connectivity index is 2.13. The number of amides is 1. The first-order valence-corrected chi connectivity index (χ1v) is 8.50. The molecule has 0 heterocycles. The van der Waals surface area contributed by atoms with Gasteiger partial charge in [-0.15, -0.1) is 0 Å². The van der Waals surface area contributed by atoms with Crippen LogP contribution >= 0.6 is 11.6 Å². The lowest BCUT2D eigenvalue weighted by Crippen LogP contribution is -2.15. The number of rotatable bonds is 5. The first kappa shape index (κ1) is 16.3. The predicted octanol–water partition coefficient (Wildman–Crippen LogP) is 3.24. The van der Waals surface area contributed by atoms with Crippen molar-refractivity contribution in [2.45, 2.75) is 12.7 Å². The van der Waals surface area contributed by atoms with Crippen molar-refractivity contribution < 1.29 is 13.2 Å². The van der Waals surface area contributed by atoms with E-state index in [1.807, 2.05) is 6.07 Å². The third-order valence-electron chi connectivity index (χ3n) is 2.75. The summed E-state index contributed by atoms with van der Waals surface area (Å²) in [5.41, 5.74) is 1.46. The van der Waals surface area contributed by atoms with Crippen LogP contribution in [0, 0.1) is 0 Å². The zero-order valence-electron chi connectivity index (χ0n) is 11.8. The molecule has 0 aliphatic heterocycles. The monoisotopic (exact) mass is 338 g/mol. The molecule has 0 radical (unpaired) electrons. The van der Waals surface area contributed by atoms with E-state index in [9.17, 15) is 13.2 Å². The fourth-order valence-electron chi connectivity index (χ4n) is 1.88. The molecule has 0 saturated heterocycles. The summed E-state index contributed by atoms with van der Waals surface area (Å²) in [5, 5.41) is 2.81. The molecule has 0 aliphatic carbocycles. The molecular weight excluding hydrogens is 324 g/mol. The van der Waals surface area contributed by atoms with Gasteiger partial charge in [-0.1, -0.05) is 41.9 Å². The van der Waals surface area contributed by atoms with Gasteiger partial charge in [-0.2, -0.15) is 0 Å². The van der Waals surface area contributed by atoms with Gasteiger partial charge in [0.2, 0.25) is 15.9 Å². The van der Waals surface area contributed by atoms with Gasteiger partial charge in [0.15, 0.2) is 0 Å². The highest BCUT2D eigenvalue weighted by molar-refractivity contribution is 7.91. The fourth-order valence-corrected chi connectivity index (χ4v) is 3.30. The average Bonchev–Trinajstić information content (AvgIpc) is 2.41. The van der Waals surface area contributed by atoms with Crippen molar-refractivity contribution in [2.24, 2.45) is 0 Å². The van der Waals surface area contributed by atoms with Crippen LogP contribution in [-0.2, 0) is 20.6 Å². The summed E-state index contributed by atoms with van der Waals surface area (Å²) in [7, 11) is -3.54. The molecule has 0 atom stereocenters. The Kier molecular flexibility index (Phi) is 5.05. The molecule has 0 saturated carbocycles. The third-order valence-corrected chi connectivity index (χ3v) is 4.33. The van der Waals surface area contributed by atoms with Gasteiger partial charge in [0.25, 0.3) is 0 Å². The minimum atomic E-state index is -3.54. The van der Waals surface area contributed by atoms with E-state index >= 15 is 0 Å². The maximum atomic E-state index is 12.1.